The molecule has 0 fully saturated rings. The first-order valence-electron chi connectivity index (χ1n) is 3.48. The summed E-state index contributed by atoms with van der Waals surface area (Å²) >= 11 is 6.59. The molecule has 12 heavy (non-hydrogen) atoms. The Balaban J connectivity index is 4.46. The lowest BCUT2D eigenvalue weighted by Crippen LogP contribution is -2.12. The third kappa shape index (κ3) is 4.40. The van der Waals surface area contributed by atoms with E-state index in [4.69, 9.17) is 5.11 Å². The number of halogens is 2. The van der Waals surface area contributed by atoms with Gasteiger partial charge in [0.15, 0.2) is 0 Å². The molecule has 1 atom stereocenters. The van der Waals surface area contributed by atoms with Gasteiger partial charge in [-0.3, -0.25) is 0 Å². The van der Waals surface area contributed by atoms with Gasteiger partial charge in [0.05, 0.1) is 12.7 Å². The highest BCUT2D eigenvalue weighted by Crippen LogP contribution is 2.20. The van der Waals surface area contributed by atoms with Crippen molar-refractivity contribution in [1.82, 2.24) is 0 Å². The highest BCUT2D eigenvalue weighted by atomic mass is 79.9. The predicted octanol–water partition coefficient (Wildman–Crippen LogP) is 2.31. The highest BCUT2D eigenvalue weighted by molar-refractivity contribution is 9.14. The summed E-state index contributed by atoms with van der Waals surface area (Å²) in [6.07, 6.45) is 0.995. The minimum atomic E-state index is -0.774. The van der Waals surface area contributed by atoms with E-state index in [1.807, 2.05) is 6.92 Å². The molecular formula is C8H12Br2O2. The highest BCUT2D eigenvalue weighted by Gasteiger charge is 2.04. The average molecular weight is 300 g/mol. The van der Waals surface area contributed by atoms with E-state index in [2.05, 4.69) is 31.9 Å². The van der Waals surface area contributed by atoms with Crippen LogP contribution in [0.5, 0.6) is 0 Å². The lowest BCUT2D eigenvalue weighted by molar-refractivity contribution is 0.122. The molecule has 0 rings (SSSR count). The Morgan fingerprint density at radius 1 is 1.42 bits per heavy atom. The maximum Gasteiger partial charge on any atom is 0.0981 e. The molecule has 0 aliphatic carbocycles. The molecule has 70 valence electrons. The summed E-state index contributed by atoms with van der Waals surface area (Å²) in [4.78, 5) is 0. The van der Waals surface area contributed by atoms with Gasteiger partial charge >= 0.3 is 0 Å². The van der Waals surface area contributed by atoms with Crippen LogP contribution in [0.2, 0.25) is 0 Å². The Kier molecular flexibility index (Phi) is 6.09. The summed E-state index contributed by atoms with van der Waals surface area (Å²) in [5, 5.41) is 17.8. The first kappa shape index (κ1) is 12.4. The molecule has 0 aliphatic rings. The van der Waals surface area contributed by atoms with Crippen LogP contribution in [-0.2, 0) is 0 Å². The van der Waals surface area contributed by atoms with E-state index >= 15 is 0 Å². The fourth-order valence-electron chi connectivity index (χ4n) is 0.540. The van der Waals surface area contributed by atoms with E-state index in [-0.39, 0.29) is 6.61 Å². The molecule has 2 nitrogen and oxygen atoms in total. The summed E-state index contributed by atoms with van der Waals surface area (Å²) in [7, 11) is 0. The van der Waals surface area contributed by atoms with E-state index < -0.39 is 6.10 Å². The van der Waals surface area contributed by atoms with Crippen molar-refractivity contribution in [3.8, 4) is 0 Å². The van der Waals surface area contributed by atoms with Gasteiger partial charge in [0, 0.05) is 8.96 Å². The average Bonchev–Trinajstić information content (AvgIpc) is 2.02. The molecule has 0 radical (unpaired) electrons. The van der Waals surface area contributed by atoms with Crippen LogP contribution in [0.1, 0.15) is 13.8 Å². The van der Waals surface area contributed by atoms with Crippen molar-refractivity contribution >= 4 is 31.9 Å². The van der Waals surface area contributed by atoms with E-state index in [9.17, 15) is 5.11 Å². The number of aliphatic hydroxyl groups excluding tert-OH is 2. The van der Waals surface area contributed by atoms with Gasteiger partial charge in [-0.2, -0.15) is 0 Å². The fourth-order valence-corrected chi connectivity index (χ4v) is 1.02. The molecule has 0 aromatic carbocycles. The Hall–Kier alpha value is 0.360. The van der Waals surface area contributed by atoms with Gasteiger partial charge in [-0.15, -0.1) is 0 Å². The van der Waals surface area contributed by atoms with Crippen LogP contribution >= 0.6 is 31.9 Å². The molecule has 0 heterocycles. The third-order valence-electron chi connectivity index (χ3n) is 1.38. The lowest BCUT2D eigenvalue weighted by Gasteiger charge is -2.06. The van der Waals surface area contributed by atoms with Gasteiger partial charge in [0.1, 0.15) is 0 Å². The van der Waals surface area contributed by atoms with Crippen molar-refractivity contribution in [2.24, 2.45) is 0 Å². The number of allylic oxidation sites excluding steroid dienone is 3. The van der Waals surface area contributed by atoms with Crippen molar-refractivity contribution in [3.05, 3.63) is 20.6 Å². The minimum absolute atomic E-state index is 0.246. The van der Waals surface area contributed by atoms with Gasteiger partial charge in [-0.25, -0.2) is 0 Å². The Morgan fingerprint density at radius 3 is 2.25 bits per heavy atom. The van der Waals surface area contributed by atoms with Crippen molar-refractivity contribution in [2.75, 3.05) is 6.61 Å². The zero-order valence-electron chi connectivity index (χ0n) is 7.01. The van der Waals surface area contributed by atoms with Gasteiger partial charge in [-0.05, 0) is 41.4 Å². The quantitative estimate of drug-likeness (QED) is 0.785. The lowest BCUT2D eigenvalue weighted by atomic mass is 10.1. The van der Waals surface area contributed by atoms with Crippen LogP contribution < -0.4 is 0 Å². The van der Waals surface area contributed by atoms with Crippen LogP contribution in [0, 0.1) is 0 Å². The number of hydrogen-bond donors (Lipinski definition) is 2. The largest absolute Gasteiger partial charge is 0.393 e. The van der Waals surface area contributed by atoms with E-state index in [1.54, 1.807) is 13.0 Å². The van der Waals surface area contributed by atoms with E-state index in [0.717, 1.165) is 14.5 Å². The van der Waals surface area contributed by atoms with Gasteiger partial charge < -0.3 is 10.2 Å². The predicted molar refractivity (Wildman–Crippen MR) is 57.4 cm³/mol. The van der Waals surface area contributed by atoms with Gasteiger partial charge in [0.25, 0.3) is 0 Å². The summed E-state index contributed by atoms with van der Waals surface area (Å²) < 4.78 is 1.82. The van der Waals surface area contributed by atoms with Gasteiger partial charge in [0.2, 0.25) is 0 Å². The van der Waals surface area contributed by atoms with E-state index in [0.29, 0.717) is 0 Å². The van der Waals surface area contributed by atoms with Crippen molar-refractivity contribution < 1.29 is 10.2 Å². The maximum absolute atomic E-state index is 9.18. The standard InChI is InChI=1S/C8H12Br2O2/c1-5(8(12)4-11)3-7(10)6(2)9/h3,8,11-12H,4H2,1-2H3/b5-3+,7-6-. The number of hydrogen-bond acceptors (Lipinski definition) is 2. The Labute approximate surface area is 89.2 Å². The fraction of sp³-hybridized carbons (Fsp3) is 0.500. The van der Waals surface area contributed by atoms with Crippen LogP contribution in [0.15, 0.2) is 20.6 Å². The molecule has 0 bridgehead atoms. The Bertz CT molecular complexity index is 205. The topological polar surface area (TPSA) is 40.5 Å². The molecule has 2 N–H and O–H groups in total. The molecule has 4 heteroatoms. The maximum atomic E-state index is 9.18. The molecule has 0 saturated carbocycles. The normalized spacial score (nSPS) is 17.3. The zero-order chi connectivity index (χ0) is 9.72. The molecule has 0 amide bonds. The van der Waals surface area contributed by atoms with Crippen LogP contribution in [0.25, 0.3) is 0 Å². The summed E-state index contributed by atoms with van der Waals surface area (Å²) in [5.74, 6) is 0. The molecule has 0 saturated heterocycles. The second kappa shape index (κ2) is 5.91. The summed E-state index contributed by atoms with van der Waals surface area (Å²) in [6, 6.07) is 0. The second-order valence-corrected chi connectivity index (χ2v) is 4.51. The van der Waals surface area contributed by atoms with Gasteiger partial charge in [-0.1, -0.05) is 15.9 Å². The number of rotatable bonds is 3. The van der Waals surface area contributed by atoms with Crippen LogP contribution in [0.3, 0.4) is 0 Å². The first-order valence-corrected chi connectivity index (χ1v) is 5.06. The number of aliphatic hydroxyl groups is 2. The zero-order valence-corrected chi connectivity index (χ0v) is 10.2. The minimum Gasteiger partial charge on any atom is -0.393 e. The third-order valence-corrected chi connectivity index (χ3v) is 3.16. The monoisotopic (exact) mass is 298 g/mol. The molecule has 1 unspecified atom stereocenters. The molecule has 0 spiro atoms. The van der Waals surface area contributed by atoms with Crippen molar-refractivity contribution in [1.29, 1.82) is 0 Å². The first-order chi connectivity index (χ1) is 5.49. The molecule has 0 aliphatic heterocycles. The van der Waals surface area contributed by atoms with Crippen molar-refractivity contribution in [2.45, 2.75) is 20.0 Å². The molecule has 0 aromatic rings. The smallest absolute Gasteiger partial charge is 0.0981 e. The summed E-state index contributed by atoms with van der Waals surface area (Å²) in [6.45, 7) is 3.40. The Morgan fingerprint density at radius 2 is 1.92 bits per heavy atom. The second-order valence-electron chi connectivity index (χ2n) is 2.47. The van der Waals surface area contributed by atoms with Crippen LogP contribution in [-0.4, -0.2) is 22.9 Å². The SMILES string of the molecule is C/C(Br)=C(Br)\C=C(/C)C(O)CO. The molecule has 0 aromatic heterocycles. The van der Waals surface area contributed by atoms with Crippen LogP contribution in [0.4, 0.5) is 0 Å². The van der Waals surface area contributed by atoms with E-state index in [1.165, 1.54) is 0 Å². The summed E-state index contributed by atoms with van der Waals surface area (Å²) in [5.41, 5.74) is 0.725. The molecular weight excluding hydrogens is 288 g/mol. The van der Waals surface area contributed by atoms with Crippen molar-refractivity contribution in [3.63, 3.8) is 0 Å².